The summed E-state index contributed by atoms with van der Waals surface area (Å²) in [4.78, 5) is 24.2. The number of nitrogens with one attached hydrogen (secondary N) is 1. The van der Waals surface area contributed by atoms with Gasteiger partial charge < -0.3 is 15.0 Å². The Kier molecular flexibility index (Phi) is 4.82. The summed E-state index contributed by atoms with van der Waals surface area (Å²) in [5, 5.41) is 9.52. The average Bonchev–Trinajstić information content (AvgIpc) is 2.54. The molecule has 0 unspecified atom stereocenters. The van der Waals surface area contributed by atoms with Crippen molar-refractivity contribution in [3.63, 3.8) is 0 Å². The molecule has 0 atom stereocenters. The van der Waals surface area contributed by atoms with Crippen LogP contribution in [-0.4, -0.2) is 64.2 Å². The maximum Gasteiger partial charge on any atom is 0.258 e. The van der Waals surface area contributed by atoms with Crippen molar-refractivity contribution in [1.82, 2.24) is 19.8 Å². The Balaban J connectivity index is 1.63. The lowest BCUT2D eigenvalue weighted by atomic mass is 10.2. The van der Waals surface area contributed by atoms with Crippen LogP contribution in [0.15, 0.2) is 29.1 Å². The number of H-pyrrole nitrogens is 1. The number of aliphatic hydroxyl groups excluding tert-OH is 1. The van der Waals surface area contributed by atoms with Gasteiger partial charge in [-0.25, -0.2) is 4.98 Å². The van der Waals surface area contributed by atoms with Gasteiger partial charge in [0.1, 0.15) is 5.82 Å². The molecule has 0 amide bonds. The summed E-state index contributed by atoms with van der Waals surface area (Å²) < 4.78 is 0. The van der Waals surface area contributed by atoms with Crippen LogP contribution in [0.2, 0.25) is 0 Å². The van der Waals surface area contributed by atoms with Crippen LogP contribution in [0.4, 0.5) is 0 Å². The molecule has 0 spiro atoms. The van der Waals surface area contributed by atoms with Crippen molar-refractivity contribution in [3.05, 3.63) is 40.4 Å². The molecule has 1 aliphatic rings. The fourth-order valence-electron chi connectivity index (χ4n) is 2.89. The molecule has 3 rings (SSSR count). The molecular weight excluding hydrogens is 280 g/mol. The molecule has 6 nitrogen and oxygen atoms in total. The van der Waals surface area contributed by atoms with E-state index in [1.165, 1.54) is 0 Å². The number of benzene rings is 1. The molecule has 2 aromatic rings. The van der Waals surface area contributed by atoms with Crippen molar-refractivity contribution < 1.29 is 5.11 Å². The zero-order valence-corrected chi connectivity index (χ0v) is 12.7. The van der Waals surface area contributed by atoms with Gasteiger partial charge in [0, 0.05) is 39.3 Å². The molecule has 1 aromatic carbocycles. The molecular formula is C16H22N4O2. The fraction of sp³-hybridized carbons (Fsp3) is 0.500. The first-order chi connectivity index (χ1) is 10.8. The molecule has 6 heteroatoms. The van der Waals surface area contributed by atoms with E-state index in [4.69, 9.17) is 5.11 Å². The molecule has 0 radical (unpaired) electrons. The highest BCUT2D eigenvalue weighted by molar-refractivity contribution is 5.77. The molecule has 2 N–H and O–H groups in total. The molecule has 1 saturated heterocycles. The van der Waals surface area contributed by atoms with Crippen LogP contribution in [0.1, 0.15) is 12.2 Å². The first kappa shape index (κ1) is 15.1. The minimum atomic E-state index is -0.0674. The summed E-state index contributed by atoms with van der Waals surface area (Å²) in [7, 11) is 0. The third-order valence-electron chi connectivity index (χ3n) is 4.13. The van der Waals surface area contributed by atoms with Gasteiger partial charge in [-0.15, -0.1) is 0 Å². The standard InChI is InChI=1S/C16H22N4O2/c21-11-3-6-19-7-9-20(10-8-19)12-15-17-14-5-2-1-4-13(14)16(22)18-15/h1-2,4-5,21H,3,6-12H2,(H,17,18,22). The van der Waals surface area contributed by atoms with E-state index in [1.54, 1.807) is 6.07 Å². The molecule has 0 bridgehead atoms. The topological polar surface area (TPSA) is 72.5 Å². The molecule has 0 saturated carbocycles. The van der Waals surface area contributed by atoms with Gasteiger partial charge >= 0.3 is 0 Å². The van der Waals surface area contributed by atoms with E-state index in [0.717, 1.165) is 50.5 Å². The summed E-state index contributed by atoms with van der Waals surface area (Å²) in [5.41, 5.74) is 0.685. The SMILES string of the molecule is O=c1[nH]c(CN2CCN(CCCO)CC2)nc2ccccc12. The highest BCUT2D eigenvalue weighted by Gasteiger charge is 2.17. The predicted molar refractivity (Wildman–Crippen MR) is 85.8 cm³/mol. The second kappa shape index (κ2) is 7.00. The van der Waals surface area contributed by atoms with E-state index < -0.39 is 0 Å². The van der Waals surface area contributed by atoms with Gasteiger partial charge in [-0.1, -0.05) is 12.1 Å². The van der Waals surface area contributed by atoms with Crippen LogP contribution in [-0.2, 0) is 6.54 Å². The quantitative estimate of drug-likeness (QED) is 0.838. The Morgan fingerprint density at radius 3 is 2.64 bits per heavy atom. The smallest absolute Gasteiger partial charge is 0.258 e. The number of hydrogen-bond acceptors (Lipinski definition) is 5. The van der Waals surface area contributed by atoms with Crippen LogP contribution >= 0.6 is 0 Å². The second-order valence-corrected chi connectivity index (χ2v) is 5.72. The minimum Gasteiger partial charge on any atom is -0.396 e. The van der Waals surface area contributed by atoms with Gasteiger partial charge in [-0.3, -0.25) is 9.69 Å². The number of para-hydroxylation sites is 1. The second-order valence-electron chi connectivity index (χ2n) is 5.72. The third kappa shape index (κ3) is 3.52. The number of piperazine rings is 1. The van der Waals surface area contributed by atoms with Crippen LogP contribution in [0.25, 0.3) is 10.9 Å². The highest BCUT2D eigenvalue weighted by Crippen LogP contribution is 2.09. The number of nitrogens with zero attached hydrogens (tertiary/aromatic N) is 3. The van der Waals surface area contributed by atoms with Crippen molar-refractivity contribution in [2.24, 2.45) is 0 Å². The molecule has 2 heterocycles. The number of aliphatic hydroxyl groups is 1. The Morgan fingerprint density at radius 1 is 1.14 bits per heavy atom. The zero-order valence-electron chi connectivity index (χ0n) is 12.7. The van der Waals surface area contributed by atoms with Crippen molar-refractivity contribution >= 4 is 10.9 Å². The number of aromatic amines is 1. The van der Waals surface area contributed by atoms with Crippen molar-refractivity contribution in [3.8, 4) is 0 Å². The monoisotopic (exact) mass is 302 g/mol. The van der Waals surface area contributed by atoms with E-state index >= 15 is 0 Å². The van der Waals surface area contributed by atoms with E-state index in [0.29, 0.717) is 11.9 Å². The molecule has 0 aliphatic carbocycles. The predicted octanol–water partition coefficient (Wildman–Crippen LogP) is 0.423. The van der Waals surface area contributed by atoms with Gasteiger partial charge in [0.2, 0.25) is 0 Å². The van der Waals surface area contributed by atoms with E-state index in [9.17, 15) is 4.79 Å². The molecule has 22 heavy (non-hydrogen) atoms. The number of rotatable bonds is 5. The van der Waals surface area contributed by atoms with Gasteiger partial charge in [0.05, 0.1) is 17.4 Å². The number of aromatic nitrogens is 2. The lowest BCUT2D eigenvalue weighted by Gasteiger charge is -2.34. The number of hydrogen-bond donors (Lipinski definition) is 2. The van der Waals surface area contributed by atoms with Crippen LogP contribution < -0.4 is 5.56 Å². The first-order valence-electron chi connectivity index (χ1n) is 7.80. The maximum atomic E-state index is 12.1. The first-order valence-corrected chi connectivity index (χ1v) is 7.80. The largest absolute Gasteiger partial charge is 0.396 e. The van der Waals surface area contributed by atoms with Gasteiger partial charge in [0.25, 0.3) is 5.56 Å². The number of fused-ring (bicyclic) bond motifs is 1. The zero-order chi connectivity index (χ0) is 15.4. The van der Waals surface area contributed by atoms with Crippen molar-refractivity contribution in [2.45, 2.75) is 13.0 Å². The Labute approximate surface area is 129 Å². The van der Waals surface area contributed by atoms with E-state index in [1.807, 2.05) is 18.2 Å². The van der Waals surface area contributed by atoms with Gasteiger partial charge in [-0.05, 0) is 18.6 Å². The lowest BCUT2D eigenvalue weighted by molar-refractivity contribution is 0.118. The van der Waals surface area contributed by atoms with E-state index in [2.05, 4.69) is 19.8 Å². The summed E-state index contributed by atoms with van der Waals surface area (Å²) in [6.07, 6.45) is 0.833. The van der Waals surface area contributed by atoms with Gasteiger partial charge in [-0.2, -0.15) is 0 Å². The Morgan fingerprint density at radius 2 is 1.86 bits per heavy atom. The van der Waals surface area contributed by atoms with E-state index in [-0.39, 0.29) is 12.2 Å². The lowest BCUT2D eigenvalue weighted by Crippen LogP contribution is -2.46. The fourth-order valence-corrected chi connectivity index (χ4v) is 2.89. The maximum absolute atomic E-state index is 12.1. The molecule has 118 valence electrons. The average molecular weight is 302 g/mol. The molecule has 1 aliphatic heterocycles. The normalized spacial score (nSPS) is 17.1. The summed E-state index contributed by atoms with van der Waals surface area (Å²) >= 11 is 0. The molecule has 1 fully saturated rings. The summed E-state index contributed by atoms with van der Waals surface area (Å²) in [5.74, 6) is 0.729. The minimum absolute atomic E-state index is 0.0674. The van der Waals surface area contributed by atoms with Gasteiger partial charge in [0.15, 0.2) is 0 Å². The van der Waals surface area contributed by atoms with Crippen LogP contribution in [0.3, 0.4) is 0 Å². The Hall–Kier alpha value is -1.76. The summed E-state index contributed by atoms with van der Waals surface area (Å²) in [6, 6.07) is 7.43. The van der Waals surface area contributed by atoms with Crippen molar-refractivity contribution in [1.29, 1.82) is 0 Å². The van der Waals surface area contributed by atoms with Crippen molar-refractivity contribution in [2.75, 3.05) is 39.3 Å². The summed E-state index contributed by atoms with van der Waals surface area (Å²) in [6.45, 7) is 5.80. The van der Waals surface area contributed by atoms with Crippen LogP contribution in [0.5, 0.6) is 0 Å². The highest BCUT2D eigenvalue weighted by atomic mass is 16.3. The van der Waals surface area contributed by atoms with Crippen LogP contribution in [0, 0.1) is 0 Å². The third-order valence-corrected chi connectivity index (χ3v) is 4.13. The molecule has 1 aromatic heterocycles. The Bertz CT molecular complexity index is 677.